The van der Waals surface area contributed by atoms with Crippen LogP contribution in [0.15, 0.2) is 15.9 Å². The minimum absolute atomic E-state index is 0.483. The zero-order valence-electron chi connectivity index (χ0n) is 10.3. The Morgan fingerprint density at radius 1 is 1.22 bits per heavy atom. The Bertz CT molecular complexity index is 564. The fourth-order valence-corrected chi connectivity index (χ4v) is 2.93. The van der Waals surface area contributed by atoms with Crippen LogP contribution < -0.4 is 15.2 Å². The number of thiazole rings is 1. The van der Waals surface area contributed by atoms with E-state index in [-0.39, 0.29) is 0 Å². The van der Waals surface area contributed by atoms with Crippen LogP contribution in [0.2, 0.25) is 0 Å². The van der Waals surface area contributed by atoms with Crippen molar-refractivity contribution in [3.8, 4) is 22.1 Å². The first-order valence-electron chi connectivity index (χ1n) is 5.21. The van der Waals surface area contributed by atoms with Crippen molar-refractivity contribution in [1.82, 2.24) is 4.98 Å². The maximum Gasteiger partial charge on any atom is 0.149 e. The molecule has 0 fully saturated rings. The lowest BCUT2D eigenvalue weighted by Crippen LogP contribution is -1.93. The highest BCUT2D eigenvalue weighted by Gasteiger charge is 2.15. The van der Waals surface area contributed by atoms with Crippen LogP contribution in [-0.2, 0) is 0 Å². The Hall–Kier alpha value is -1.27. The fraction of sp³-hybridized carbons (Fsp3) is 0.250. The van der Waals surface area contributed by atoms with Crippen molar-refractivity contribution in [2.75, 3.05) is 20.0 Å². The number of hydrogen-bond donors (Lipinski definition) is 1. The molecule has 0 aliphatic carbocycles. The first-order chi connectivity index (χ1) is 8.56. The lowest BCUT2D eigenvalue weighted by Gasteiger charge is -2.11. The molecule has 0 saturated carbocycles. The number of nitrogens with zero attached hydrogens (tertiary/aromatic N) is 1. The lowest BCUT2D eigenvalue weighted by molar-refractivity contribution is 0.402. The molecule has 0 unspecified atom stereocenters. The maximum absolute atomic E-state index is 5.75. The van der Waals surface area contributed by atoms with Crippen LogP contribution in [0.3, 0.4) is 0 Å². The molecule has 1 heterocycles. The molecular weight excluding hydrogens is 316 g/mol. The summed E-state index contributed by atoms with van der Waals surface area (Å²) in [6.45, 7) is 1.97. The molecule has 0 aliphatic heterocycles. The average molecular weight is 329 g/mol. The van der Waals surface area contributed by atoms with Crippen molar-refractivity contribution in [2.45, 2.75) is 6.92 Å². The Morgan fingerprint density at radius 3 is 2.39 bits per heavy atom. The van der Waals surface area contributed by atoms with Gasteiger partial charge in [-0.3, -0.25) is 0 Å². The van der Waals surface area contributed by atoms with Gasteiger partial charge in [0.05, 0.1) is 19.8 Å². The Kier molecular flexibility index (Phi) is 3.77. The highest BCUT2D eigenvalue weighted by molar-refractivity contribution is 9.11. The molecule has 1 aromatic carbocycles. The van der Waals surface area contributed by atoms with Gasteiger partial charge in [-0.05, 0) is 40.5 Å². The van der Waals surface area contributed by atoms with E-state index in [1.54, 1.807) is 14.2 Å². The number of nitrogen functional groups attached to an aromatic ring is 1. The van der Waals surface area contributed by atoms with Crippen LogP contribution in [0, 0.1) is 6.92 Å². The highest BCUT2D eigenvalue weighted by atomic mass is 79.9. The van der Waals surface area contributed by atoms with Crippen LogP contribution in [0.5, 0.6) is 11.5 Å². The minimum Gasteiger partial charge on any atom is -0.496 e. The number of hydrogen-bond acceptors (Lipinski definition) is 5. The number of halogens is 1. The number of ether oxygens (including phenoxy) is 2. The SMILES string of the molecule is COc1cc(-c2nc(N)c(Br)s2)c(OC)cc1C. The molecule has 2 rings (SSSR count). The molecule has 18 heavy (non-hydrogen) atoms. The van der Waals surface area contributed by atoms with E-state index in [1.807, 2.05) is 19.1 Å². The number of methoxy groups -OCH3 is 2. The monoisotopic (exact) mass is 328 g/mol. The molecule has 6 heteroatoms. The summed E-state index contributed by atoms with van der Waals surface area (Å²) in [7, 11) is 3.28. The first kappa shape index (κ1) is 13.2. The van der Waals surface area contributed by atoms with E-state index in [0.29, 0.717) is 5.82 Å². The smallest absolute Gasteiger partial charge is 0.149 e. The molecule has 2 aromatic rings. The molecule has 1 aromatic heterocycles. The van der Waals surface area contributed by atoms with Crippen LogP contribution in [-0.4, -0.2) is 19.2 Å². The third-order valence-electron chi connectivity index (χ3n) is 2.56. The molecular formula is C12H13BrN2O2S. The molecule has 4 nitrogen and oxygen atoms in total. The van der Waals surface area contributed by atoms with Crippen molar-refractivity contribution >= 4 is 33.1 Å². The predicted molar refractivity (Wildman–Crippen MR) is 77.5 cm³/mol. The third-order valence-corrected chi connectivity index (χ3v) is 4.34. The van der Waals surface area contributed by atoms with Crippen LogP contribution in [0.25, 0.3) is 10.6 Å². The average Bonchev–Trinajstić information content (AvgIpc) is 2.69. The number of aromatic nitrogens is 1. The normalized spacial score (nSPS) is 10.4. The molecule has 0 radical (unpaired) electrons. The summed E-state index contributed by atoms with van der Waals surface area (Å²) in [6, 6.07) is 3.85. The first-order valence-corrected chi connectivity index (χ1v) is 6.82. The summed E-state index contributed by atoms with van der Waals surface area (Å²) in [5, 5.41) is 0.800. The number of nitrogens with two attached hydrogens (primary N) is 1. The van der Waals surface area contributed by atoms with Crippen LogP contribution >= 0.6 is 27.3 Å². The van der Waals surface area contributed by atoms with E-state index >= 15 is 0 Å². The van der Waals surface area contributed by atoms with E-state index < -0.39 is 0 Å². The summed E-state index contributed by atoms with van der Waals surface area (Å²) in [6.07, 6.45) is 0. The highest BCUT2D eigenvalue weighted by Crippen LogP contribution is 2.40. The van der Waals surface area contributed by atoms with E-state index in [1.165, 1.54) is 11.3 Å². The van der Waals surface area contributed by atoms with Crippen molar-refractivity contribution in [3.05, 3.63) is 21.5 Å². The van der Waals surface area contributed by atoms with Crippen molar-refractivity contribution < 1.29 is 9.47 Å². The topological polar surface area (TPSA) is 57.4 Å². The molecule has 0 amide bonds. The van der Waals surface area contributed by atoms with Gasteiger partial charge in [-0.1, -0.05) is 0 Å². The predicted octanol–water partition coefficient (Wildman–Crippen LogP) is 3.48. The van der Waals surface area contributed by atoms with E-state index in [4.69, 9.17) is 15.2 Å². The van der Waals surface area contributed by atoms with Gasteiger partial charge in [0, 0.05) is 0 Å². The second-order valence-corrected chi connectivity index (χ2v) is 6.02. The molecule has 0 spiro atoms. The number of anilines is 1. The van der Waals surface area contributed by atoms with E-state index in [9.17, 15) is 0 Å². The standard InChI is InChI=1S/C12H13BrN2O2S/c1-6-4-9(17-3)7(5-8(6)16-2)12-15-11(14)10(13)18-12/h4-5H,14H2,1-3H3. The van der Waals surface area contributed by atoms with Gasteiger partial charge < -0.3 is 15.2 Å². The van der Waals surface area contributed by atoms with Crippen LogP contribution in [0.4, 0.5) is 5.82 Å². The second-order valence-electron chi connectivity index (χ2n) is 3.70. The summed E-state index contributed by atoms with van der Waals surface area (Å²) >= 11 is 4.84. The number of rotatable bonds is 3. The lowest BCUT2D eigenvalue weighted by atomic mass is 10.1. The van der Waals surface area contributed by atoms with Crippen molar-refractivity contribution in [2.24, 2.45) is 0 Å². The summed E-state index contributed by atoms with van der Waals surface area (Å²) < 4.78 is 11.5. The second kappa shape index (κ2) is 5.16. The number of aryl methyl sites for hydroxylation is 1. The van der Waals surface area contributed by atoms with Gasteiger partial charge in [0.15, 0.2) is 0 Å². The van der Waals surface area contributed by atoms with Crippen molar-refractivity contribution in [3.63, 3.8) is 0 Å². The summed E-state index contributed by atoms with van der Waals surface area (Å²) in [5.74, 6) is 2.04. The fourth-order valence-electron chi connectivity index (χ4n) is 1.65. The van der Waals surface area contributed by atoms with Gasteiger partial charge >= 0.3 is 0 Å². The third kappa shape index (κ3) is 2.30. The van der Waals surface area contributed by atoms with E-state index in [0.717, 1.165) is 31.4 Å². The van der Waals surface area contributed by atoms with Gasteiger partial charge in [0.25, 0.3) is 0 Å². The Balaban J connectivity index is 2.61. The van der Waals surface area contributed by atoms with Gasteiger partial charge in [-0.2, -0.15) is 0 Å². The van der Waals surface area contributed by atoms with E-state index in [2.05, 4.69) is 20.9 Å². The van der Waals surface area contributed by atoms with Gasteiger partial charge in [0.2, 0.25) is 0 Å². The largest absolute Gasteiger partial charge is 0.496 e. The Morgan fingerprint density at radius 2 is 1.89 bits per heavy atom. The molecule has 0 bridgehead atoms. The molecule has 0 atom stereocenters. The Labute approximate surface area is 118 Å². The molecule has 0 aliphatic rings. The van der Waals surface area contributed by atoms with Crippen molar-refractivity contribution in [1.29, 1.82) is 0 Å². The number of benzene rings is 1. The maximum atomic E-state index is 5.75. The van der Waals surface area contributed by atoms with Gasteiger partial charge in [-0.25, -0.2) is 4.98 Å². The summed E-state index contributed by atoms with van der Waals surface area (Å²) in [4.78, 5) is 4.31. The zero-order valence-corrected chi connectivity index (χ0v) is 12.7. The minimum atomic E-state index is 0.483. The van der Waals surface area contributed by atoms with Crippen LogP contribution in [0.1, 0.15) is 5.56 Å². The quantitative estimate of drug-likeness (QED) is 0.937. The molecule has 96 valence electrons. The molecule has 2 N–H and O–H groups in total. The zero-order chi connectivity index (χ0) is 13.3. The molecule has 0 saturated heterocycles. The summed E-state index contributed by atoms with van der Waals surface area (Å²) in [5.41, 5.74) is 7.64. The van der Waals surface area contributed by atoms with Gasteiger partial charge in [0.1, 0.15) is 26.1 Å². The van der Waals surface area contributed by atoms with Gasteiger partial charge in [-0.15, -0.1) is 11.3 Å².